The van der Waals surface area contributed by atoms with Crippen LogP contribution in [0.25, 0.3) is 0 Å². The number of halogens is 1. The first-order valence-electron chi connectivity index (χ1n) is 6.27. The fourth-order valence-electron chi connectivity index (χ4n) is 1.97. The third kappa shape index (κ3) is 3.39. The highest BCUT2D eigenvalue weighted by molar-refractivity contribution is 9.10. The Hall–Kier alpha value is -1.81. The second kappa shape index (κ2) is 6.57. The predicted octanol–water partition coefficient (Wildman–Crippen LogP) is 4.08. The molecule has 0 radical (unpaired) electrons. The van der Waals surface area contributed by atoms with E-state index in [-0.39, 0.29) is 5.97 Å². The van der Waals surface area contributed by atoms with E-state index in [1.807, 2.05) is 55.5 Å². The lowest BCUT2D eigenvalue weighted by atomic mass is 10.1. The normalized spacial score (nSPS) is 11.8. The van der Waals surface area contributed by atoms with E-state index >= 15 is 0 Å². The largest absolute Gasteiger partial charge is 0.467 e. The Kier molecular flexibility index (Phi) is 4.79. The maximum Gasteiger partial charge on any atom is 0.332 e. The van der Waals surface area contributed by atoms with Crippen molar-refractivity contribution in [2.45, 2.75) is 13.0 Å². The number of methoxy groups -OCH3 is 1. The number of benzene rings is 2. The average molecular weight is 334 g/mol. The first-order valence-corrected chi connectivity index (χ1v) is 7.06. The van der Waals surface area contributed by atoms with E-state index < -0.39 is 6.04 Å². The molecule has 0 heterocycles. The van der Waals surface area contributed by atoms with Gasteiger partial charge in [-0.05, 0) is 36.2 Å². The van der Waals surface area contributed by atoms with Gasteiger partial charge in [0.2, 0.25) is 0 Å². The highest BCUT2D eigenvalue weighted by Gasteiger charge is 2.21. The van der Waals surface area contributed by atoms with Crippen molar-refractivity contribution < 1.29 is 9.53 Å². The van der Waals surface area contributed by atoms with Gasteiger partial charge in [-0.15, -0.1) is 0 Å². The summed E-state index contributed by atoms with van der Waals surface area (Å²) in [5, 5.41) is 3.25. The zero-order valence-corrected chi connectivity index (χ0v) is 13.0. The Bertz CT molecular complexity index is 613. The molecule has 2 aromatic rings. The molecule has 20 heavy (non-hydrogen) atoms. The predicted molar refractivity (Wildman–Crippen MR) is 83.7 cm³/mol. The topological polar surface area (TPSA) is 38.3 Å². The summed E-state index contributed by atoms with van der Waals surface area (Å²) in [6, 6.07) is 14.9. The van der Waals surface area contributed by atoms with Crippen molar-refractivity contribution in [1.82, 2.24) is 0 Å². The lowest BCUT2D eigenvalue weighted by molar-refractivity contribution is -0.141. The molecule has 1 N–H and O–H groups in total. The van der Waals surface area contributed by atoms with Crippen LogP contribution in [-0.4, -0.2) is 13.1 Å². The van der Waals surface area contributed by atoms with Crippen molar-refractivity contribution in [3.63, 3.8) is 0 Å². The first-order chi connectivity index (χ1) is 9.61. The first kappa shape index (κ1) is 14.6. The maximum atomic E-state index is 12.0. The molecule has 0 bridgehead atoms. The molecule has 0 aliphatic heterocycles. The van der Waals surface area contributed by atoms with Crippen LogP contribution in [-0.2, 0) is 9.53 Å². The second-order valence-electron chi connectivity index (χ2n) is 4.47. The van der Waals surface area contributed by atoms with Gasteiger partial charge < -0.3 is 10.1 Å². The van der Waals surface area contributed by atoms with Crippen molar-refractivity contribution in [2.24, 2.45) is 0 Å². The van der Waals surface area contributed by atoms with Crippen molar-refractivity contribution in [3.8, 4) is 0 Å². The van der Waals surface area contributed by atoms with Gasteiger partial charge in [-0.2, -0.15) is 0 Å². The lowest BCUT2D eigenvalue weighted by Gasteiger charge is -2.19. The van der Waals surface area contributed by atoms with Crippen LogP contribution in [0.1, 0.15) is 17.2 Å². The van der Waals surface area contributed by atoms with E-state index in [0.717, 1.165) is 21.3 Å². The molecule has 0 aliphatic carbocycles. The molecule has 104 valence electrons. The minimum atomic E-state index is -0.529. The summed E-state index contributed by atoms with van der Waals surface area (Å²) < 4.78 is 5.83. The van der Waals surface area contributed by atoms with Gasteiger partial charge in [-0.3, -0.25) is 0 Å². The zero-order chi connectivity index (χ0) is 14.5. The van der Waals surface area contributed by atoms with Crippen molar-refractivity contribution in [2.75, 3.05) is 12.4 Å². The van der Waals surface area contributed by atoms with Crippen LogP contribution in [0.5, 0.6) is 0 Å². The summed E-state index contributed by atoms with van der Waals surface area (Å²) in [4.78, 5) is 12.0. The molecule has 4 heteroatoms. The van der Waals surface area contributed by atoms with E-state index in [9.17, 15) is 4.79 Å². The van der Waals surface area contributed by atoms with E-state index in [2.05, 4.69) is 21.2 Å². The molecular formula is C16H16BrNO2. The summed E-state index contributed by atoms with van der Waals surface area (Å²) in [6.07, 6.45) is 0. The van der Waals surface area contributed by atoms with Crippen LogP contribution in [0, 0.1) is 6.92 Å². The number of nitrogens with one attached hydrogen (secondary N) is 1. The van der Waals surface area contributed by atoms with Crippen molar-refractivity contribution >= 4 is 27.6 Å². The standard InChI is InChI=1S/C16H16BrNO2/c1-11-6-3-4-9-14(11)18-15(16(19)20-2)12-7-5-8-13(17)10-12/h3-10,15,18H,1-2H3. The van der Waals surface area contributed by atoms with Crippen LogP contribution < -0.4 is 5.32 Å². The van der Waals surface area contributed by atoms with Crippen LogP contribution >= 0.6 is 15.9 Å². The monoisotopic (exact) mass is 333 g/mol. The zero-order valence-electron chi connectivity index (χ0n) is 11.4. The fraction of sp³-hybridized carbons (Fsp3) is 0.188. The van der Waals surface area contributed by atoms with Crippen LogP contribution in [0.3, 0.4) is 0 Å². The highest BCUT2D eigenvalue weighted by atomic mass is 79.9. The van der Waals surface area contributed by atoms with Crippen molar-refractivity contribution in [1.29, 1.82) is 0 Å². The molecule has 0 saturated carbocycles. The number of anilines is 1. The fourth-order valence-corrected chi connectivity index (χ4v) is 2.39. The summed E-state index contributed by atoms with van der Waals surface area (Å²) in [5.41, 5.74) is 2.86. The lowest BCUT2D eigenvalue weighted by Crippen LogP contribution is -2.22. The quantitative estimate of drug-likeness (QED) is 0.856. The Labute approximate surface area is 127 Å². The number of esters is 1. The third-order valence-corrected chi connectivity index (χ3v) is 3.56. The molecular weight excluding hydrogens is 318 g/mol. The molecule has 3 nitrogen and oxygen atoms in total. The molecule has 1 atom stereocenters. The second-order valence-corrected chi connectivity index (χ2v) is 5.39. The molecule has 0 aliphatic rings. The smallest absolute Gasteiger partial charge is 0.332 e. The number of ether oxygens (including phenoxy) is 1. The number of hydrogen-bond acceptors (Lipinski definition) is 3. The molecule has 2 rings (SSSR count). The van der Waals surface area contributed by atoms with Crippen LogP contribution in [0.15, 0.2) is 53.0 Å². The summed E-state index contributed by atoms with van der Waals surface area (Å²) in [6.45, 7) is 2.00. The number of carbonyl (C=O) groups is 1. The van der Waals surface area contributed by atoms with E-state index in [1.165, 1.54) is 7.11 Å². The van der Waals surface area contributed by atoms with Crippen LogP contribution in [0.2, 0.25) is 0 Å². The molecule has 0 aromatic heterocycles. The Morgan fingerprint density at radius 3 is 2.60 bits per heavy atom. The number of para-hydroxylation sites is 1. The Balaban J connectivity index is 2.34. The summed E-state index contributed by atoms with van der Waals surface area (Å²) in [5.74, 6) is -0.314. The summed E-state index contributed by atoms with van der Waals surface area (Å²) >= 11 is 3.42. The molecule has 0 spiro atoms. The number of carbonyl (C=O) groups excluding carboxylic acids is 1. The molecule has 0 amide bonds. The van der Waals surface area contributed by atoms with E-state index in [4.69, 9.17) is 4.74 Å². The van der Waals surface area contributed by atoms with E-state index in [0.29, 0.717) is 0 Å². The van der Waals surface area contributed by atoms with Crippen molar-refractivity contribution in [3.05, 3.63) is 64.1 Å². The number of rotatable bonds is 4. The number of hydrogen-bond donors (Lipinski definition) is 1. The van der Waals surface area contributed by atoms with Crippen LogP contribution in [0.4, 0.5) is 5.69 Å². The van der Waals surface area contributed by atoms with Gasteiger partial charge in [0.15, 0.2) is 6.04 Å². The van der Waals surface area contributed by atoms with E-state index in [1.54, 1.807) is 0 Å². The highest BCUT2D eigenvalue weighted by Crippen LogP contribution is 2.25. The molecule has 0 saturated heterocycles. The molecule has 0 fully saturated rings. The maximum absolute atomic E-state index is 12.0. The SMILES string of the molecule is COC(=O)C(Nc1ccccc1C)c1cccc(Br)c1. The van der Waals surface area contributed by atoms with Gasteiger partial charge in [0, 0.05) is 10.2 Å². The third-order valence-electron chi connectivity index (χ3n) is 3.06. The van der Waals surface area contributed by atoms with Gasteiger partial charge in [0.05, 0.1) is 7.11 Å². The average Bonchev–Trinajstić information content (AvgIpc) is 2.45. The summed E-state index contributed by atoms with van der Waals surface area (Å²) in [7, 11) is 1.40. The van der Waals surface area contributed by atoms with Gasteiger partial charge in [0.25, 0.3) is 0 Å². The van der Waals surface area contributed by atoms with Gasteiger partial charge in [-0.1, -0.05) is 46.3 Å². The van der Waals surface area contributed by atoms with Gasteiger partial charge in [-0.25, -0.2) is 4.79 Å². The van der Waals surface area contributed by atoms with Gasteiger partial charge in [0.1, 0.15) is 0 Å². The molecule has 1 unspecified atom stereocenters. The Morgan fingerprint density at radius 1 is 1.20 bits per heavy atom. The molecule has 2 aromatic carbocycles. The Morgan fingerprint density at radius 2 is 1.95 bits per heavy atom. The van der Waals surface area contributed by atoms with Gasteiger partial charge >= 0.3 is 5.97 Å². The number of aryl methyl sites for hydroxylation is 1. The minimum absolute atomic E-state index is 0.314. The minimum Gasteiger partial charge on any atom is -0.467 e.